The summed E-state index contributed by atoms with van der Waals surface area (Å²) in [5.41, 5.74) is 0. The third-order valence-electron chi connectivity index (χ3n) is 3.89. The maximum Gasteiger partial charge on any atom is 0.264 e. The van der Waals surface area contributed by atoms with Crippen molar-refractivity contribution in [3.63, 3.8) is 0 Å². The van der Waals surface area contributed by atoms with Crippen molar-refractivity contribution < 1.29 is 9.59 Å². The van der Waals surface area contributed by atoms with Gasteiger partial charge in [-0.3, -0.25) is 9.59 Å². The zero-order valence-electron chi connectivity index (χ0n) is 13.1. The van der Waals surface area contributed by atoms with Crippen molar-refractivity contribution in [3.8, 4) is 0 Å². The van der Waals surface area contributed by atoms with Crippen LogP contribution >= 0.6 is 11.3 Å². The van der Waals surface area contributed by atoms with Gasteiger partial charge in [0.2, 0.25) is 5.91 Å². The lowest BCUT2D eigenvalue weighted by Crippen LogP contribution is -2.44. The molecule has 2 rings (SSSR count). The normalized spacial score (nSPS) is 15.3. The molecule has 0 saturated heterocycles. The number of nitrogens with zero attached hydrogens (tertiary/aromatic N) is 1. The molecule has 0 aromatic carbocycles. The van der Waals surface area contributed by atoms with E-state index in [0.717, 1.165) is 17.7 Å². The van der Waals surface area contributed by atoms with Crippen LogP contribution in [0.4, 0.5) is 0 Å². The summed E-state index contributed by atoms with van der Waals surface area (Å²) in [6.07, 6.45) is 7.36. The summed E-state index contributed by atoms with van der Waals surface area (Å²) in [6.45, 7) is 6.13. The highest BCUT2D eigenvalue weighted by Crippen LogP contribution is 2.18. The second-order valence-corrected chi connectivity index (χ2v) is 7.07. The van der Waals surface area contributed by atoms with Crippen LogP contribution in [0, 0.1) is 6.92 Å². The van der Waals surface area contributed by atoms with E-state index in [1.54, 1.807) is 11.0 Å². The first-order chi connectivity index (χ1) is 10.6. The molecule has 1 heterocycles. The number of hydrogen-bond acceptors (Lipinski definition) is 3. The first kappa shape index (κ1) is 16.7. The number of thiophene rings is 1. The fourth-order valence-electron chi connectivity index (χ4n) is 2.77. The second-order valence-electron chi connectivity index (χ2n) is 5.79. The van der Waals surface area contributed by atoms with Crippen LogP contribution in [0.1, 0.15) is 46.7 Å². The number of hydrogen-bond donors (Lipinski definition) is 1. The molecule has 1 N–H and O–H groups in total. The molecule has 0 radical (unpaired) electrons. The minimum Gasteiger partial charge on any atom is -0.352 e. The zero-order chi connectivity index (χ0) is 15.9. The van der Waals surface area contributed by atoms with Gasteiger partial charge in [-0.25, -0.2) is 0 Å². The van der Waals surface area contributed by atoms with Gasteiger partial charge in [0.1, 0.15) is 6.54 Å². The Bertz CT molecular complexity index is 533. The Hall–Kier alpha value is -1.62. The van der Waals surface area contributed by atoms with Gasteiger partial charge in [0, 0.05) is 17.5 Å². The number of aryl methyl sites for hydroxylation is 1. The summed E-state index contributed by atoms with van der Waals surface area (Å²) < 4.78 is 0. The lowest BCUT2D eigenvalue weighted by molar-refractivity contribution is -0.122. The molecule has 0 atom stereocenters. The number of nitrogens with one attached hydrogen (secondary N) is 1. The highest BCUT2D eigenvalue weighted by molar-refractivity contribution is 7.13. The van der Waals surface area contributed by atoms with Crippen LogP contribution in [0.15, 0.2) is 24.8 Å². The van der Waals surface area contributed by atoms with E-state index < -0.39 is 0 Å². The molecule has 2 amide bonds. The Morgan fingerprint density at radius 1 is 1.36 bits per heavy atom. The van der Waals surface area contributed by atoms with Crippen LogP contribution in [0.25, 0.3) is 0 Å². The summed E-state index contributed by atoms with van der Waals surface area (Å²) in [7, 11) is 0. The van der Waals surface area contributed by atoms with Crippen LogP contribution in [-0.4, -0.2) is 35.8 Å². The summed E-state index contributed by atoms with van der Waals surface area (Å²) in [4.78, 5) is 28.0. The standard InChI is InChI=1S/C17H24N2O2S/c1-3-11-19(17(21)15-10-9-13(2)22-15)12-16(20)18-14-7-5-4-6-8-14/h3,9-10,14H,1,4-8,11-12H2,2H3,(H,18,20). The van der Waals surface area contributed by atoms with Gasteiger partial charge in [0.05, 0.1) is 4.88 Å². The summed E-state index contributed by atoms with van der Waals surface area (Å²) >= 11 is 1.46. The smallest absolute Gasteiger partial charge is 0.264 e. The van der Waals surface area contributed by atoms with Crippen molar-refractivity contribution >= 4 is 23.2 Å². The van der Waals surface area contributed by atoms with E-state index in [1.165, 1.54) is 30.6 Å². The summed E-state index contributed by atoms with van der Waals surface area (Å²) in [5, 5.41) is 3.06. The third kappa shape index (κ3) is 4.70. The van der Waals surface area contributed by atoms with Crippen molar-refractivity contribution in [2.24, 2.45) is 0 Å². The maximum atomic E-state index is 12.5. The Balaban J connectivity index is 1.93. The van der Waals surface area contributed by atoms with Gasteiger partial charge >= 0.3 is 0 Å². The first-order valence-corrected chi connectivity index (χ1v) is 8.67. The van der Waals surface area contributed by atoms with E-state index in [1.807, 2.05) is 19.1 Å². The van der Waals surface area contributed by atoms with Crippen molar-refractivity contribution in [1.29, 1.82) is 0 Å². The molecule has 0 bridgehead atoms. The Labute approximate surface area is 136 Å². The molecule has 120 valence electrons. The van der Waals surface area contributed by atoms with Crippen LogP contribution < -0.4 is 5.32 Å². The number of carbonyl (C=O) groups is 2. The molecule has 0 spiro atoms. The van der Waals surface area contributed by atoms with Gasteiger partial charge in [-0.2, -0.15) is 0 Å². The van der Waals surface area contributed by atoms with Crippen LogP contribution in [0.3, 0.4) is 0 Å². The molecule has 1 aliphatic carbocycles. The summed E-state index contributed by atoms with van der Waals surface area (Å²) in [6, 6.07) is 4.01. The Kier molecular flexibility index (Phi) is 6.19. The van der Waals surface area contributed by atoms with Gasteiger partial charge in [0.25, 0.3) is 5.91 Å². The average Bonchev–Trinajstić information content (AvgIpc) is 2.93. The van der Waals surface area contributed by atoms with Crippen molar-refractivity contribution in [2.45, 2.75) is 45.1 Å². The van der Waals surface area contributed by atoms with Gasteiger partial charge in [-0.1, -0.05) is 25.3 Å². The summed E-state index contributed by atoms with van der Waals surface area (Å²) in [5.74, 6) is -0.174. The van der Waals surface area contributed by atoms with Crippen molar-refractivity contribution in [2.75, 3.05) is 13.1 Å². The SMILES string of the molecule is C=CCN(CC(=O)NC1CCCCC1)C(=O)c1ccc(C)s1. The zero-order valence-corrected chi connectivity index (χ0v) is 14.0. The van der Waals surface area contributed by atoms with E-state index in [9.17, 15) is 9.59 Å². The van der Waals surface area contributed by atoms with E-state index in [-0.39, 0.29) is 24.4 Å². The first-order valence-electron chi connectivity index (χ1n) is 7.86. The molecular formula is C17H24N2O2S. The fourth-order valence-corrected chi connectivity index (χ4v) is 3.61. The molecule has 1 aliphatic rings. The van der Waals surface area contributed by atoms with Gasteiger partial charge < -0.3 is 10.2 Å². The monoisotopic (exact) mass is 320 g/mol. The highest BCUT2D eigenvalue weighted by atomic mass is 32.1. The average molecular weight is 320 g/mol. The molecule has 4 nitrogen and oxygen atoms in total. The lowest BCUT2D eigenvalue weighted by atomic mass is 9.95. The molecule has 1 aromatic heterocycles. The van der Waals surface area contributed by atoms with Crippen LogP contribution in [0.2, 0.25) is 0 Å². The van der Waals surface area contributed by atoms with Crippen LogP contribution in [-0.2, 0) is 4.79 Å². The predicted octanol–water partition coefficient (Wildman–Crippen LogP) is 3.13. The molecule has 1 fully saturated rings. The number of carbonyl (C=O) groups excluding carboxylic acids is 2. The van der Waals surface area contributed by atoms with Gasteiger partial charge in [-0.15, -0.1) is 17.9 Å². The van der Waals surface area contributed by atoms with E-state index in [2.05, 4.69) is 11.9 Å². The molecule has 1 aromatic rings. The van der Waals surface area contributed by atoms with Crippen LogP contribution in [0.5, 0.6) is 0 Å². The van der Waals surface area contributed by atoms with Crippen molar-refractivity contribution in [3.05, 3.63) is 34.5 Å². The molecule has 22 heavy (non-hydrogen) atoms. The quantitative estimate of drug-likeness (QED) is 0.819. The molecule has 1 saturated carbocycles. The minimum atomic E-state index is -0.100. The second kappa shape index (κ2) is 8.13. The molecule has 5 heteroatoms. The molecule has 0 aliphatic heterocycles. The van der Waals surface area contributed by atoms with E-state index in [0.29, 0.717) is 11.4 Å². The van der Waals surface area contributed by atoms with E-state index in [4.69, 9.17) is 0 Å². The minimum absolute atomic E-state index is 0.0737. The topological polar surface area (TPSA) is 49.4 Å². The van der Waals surface area contributed by atoms with Crippen molar-refractivity contribution in [1.82, 2.24) is 10.2 Å². The Morgan fingerprint density at radius 3 is 2.68 bits per heavy atom. The van der Waals surface area contributed by atoms with Gasteiger partial charge in [0.15, 0.2) is 0 Å². The van der Waals surface area contributed by atoms with Gasteiger partial charge in [-0.05, 0) is 31.9 Å². The fraction of sp³-hybridized carbons (Fsp3) is 0.529. The molecule has 0 unspecified atom stereocenters. The van der Waals surface area contributed by atoms with E-state index >= 15 is 0 Å². The highest BCUT2D eigenvalue weighted by Gasteiger charge is 2.21. The Morgan fingerprint density at radius 2 is 2.09 bits per heavy atom. The maximum absolute atomic E-state index is 12.5. The number of amides is 2. The predicted molar refractivity (Wildman–Crippen MR) is 90.2 cm³/mol. The molecular weight excluding hydrogens is 296 g/mol. The third-order valence-corrected chi connectivity index (χ3v) is 4.88. The number of rotatable bonds is 6. The lowest BCUT2D eigenvalue weighted by Gasteiger charge is -2.25. The largest absolute Gasteiger partial charge is 0.352 e.